The summed E-state index contributed by atoms with van der Waals surface area (Å²) in [7, 11) is 3.13. The maximum absolute atomic E-state index is 16.0. The largest absolute Gasteiger partial charge is 0.504 e. The Balaban J connectivity index is 1.82. The van der Waals surface area contributed by atoms with Crippen LogP contribution in [0.25, 0.3) is 0 Å². The van der Waals surface area contributed by atoms with Crippen LogP contribution in [-0.2, 0) is 4.79 Å². The number of rotatable bonds is 12. The number of nitrogens with one attached hydrogen (secondary N) is 1. The molecule has 1 unspecified atom stereocenters. The van der Waals surface area contributed by atoms with Crippen molar-refractivity contribution in [1.82, 2.24) is 9.88 Å². The van der Waals surface area contributed by atoms with Crippen LogP contribution in [-0.4, -0.2) is 83.0 Å². The van der Waals surface area contributed by atoms with E-state index in [2.05, 4.69) is 9.98 Å². The average molecular weight is 601 g/mol. The molecule has 5 N–H and O–H groups in total. The molecule has 0 radical (unpaired) electrons. The number of carboxylic acids is 1. The van der Waals surface area contributed by atoms with Crippen LogP contribution in [0.4, 0.5) is 14.5 Å². The van der Waals surface area contributed by atoms with Gasteiger partial charge in [0.2, 0.25) is 11.6 Å². The van der Waals surface area contributed by atoms with E-state index < -0.39 is 46.8 Å². The van der Waals surface area contributed by atoms with E-state index in [4.69, 9.17) is 20.6 Å². The second-order valence-electron chi connectivity index (χ2n) is 9.40. The summed E-state index contributed by atoms with van der Waals surface area (Å²) in [5.74, 6) is -5.14. The Morgan fingerprint density at radius 3 is 2.55 bits per heavy atom. The highest BCUT2D eigenvalue weighted by molar-refractivity contribution is 7.98. The molecule has 1 atom stereocenters. The van der Waals surface area contributed by atoms with Crippen LogP contribution in [0.1, 0.15) is 17.5 Å². The van der Waals surface area contributed by atoms with Gasteiger partial charge in [0.05, 0.1) is 6.54 Å². The number of aliphatic carboxylic acids is 1. The number of hydrogen-bond donors (Lipinski definition) is 4. The predicted octanol–water partition coefficient (Wildman–Crippen LogP) is 4.27. The molecular weight excluding hydrogens is 570 g/mol. The molecule has 1 aliphatic heterocycles. The Labute approximate surface area is 245 Å². The molecule has 4 rings (SSSR count). The Morgan fingerprint density at radius 2 is 1.93 bits per heavy atom. The molecule has 3 aromatic rings. The predicted molar refractivity (Wildman–Crippen MR) is 157 cm³/mol. The number of aromatic hydroxyl groups is 1. The summed E-state index contributed by atoms with van der Waals surface area (Å²) in [5, 5.41) is 27.8. The first-order chi connectivity index (χ1) is 20.0. The Hall–Kier alpha value is -4.59. The maximum atomic E-state index is 16.0. The zero-order valence-corrected chi connectivity index (χ0v) is 23.9. The Morgan fingerprint density at radius 1 is 1.21 bits per heavy atom. The molecule has 1 aromatic heterocycles. The zero-order chi connectivity index (χ0) is 30.6. The summed E-state index contributed by atoms with van der Waals surface area (Å²) in [6, 6.07) is 9.10. The molecule has 0 aliphatic carbocycles. The van der Waals surface area contributed by atoms with Crippen molar-refractivity contribution in [3.63, 3.8) is 0 Å². The molecule has 14 heteroatoms. The molecule has 0 bridgehead atoms. The number of amidine groups is 2. The van der Waals surface area contributed by atoms with Gasteiger partial charge in [-0.2, -0.15) is 25.5 Å². The molecule has 2 heterocycles. The van der Waals surface area contributed by atoms with Crippen molar-refractivity contribution in [2.45, 2.75) is 12.5 Å². The van der Waals surface area contributed by atoms with Crippen LogP contribution >= 0.6 is 11.8 Å². The standard InChI is InChI=1S/C28H30F2N6O5S/c1-35-11-10-33-25(35)16-5-4-6-17(13-16)40-26-21(29)23(36(2)18(28(38)39)9-12-42-3)22(30)27(34-26)41-20-14-15(24(31)32)7-8-19(20)37/h4-8,13-14,18,37H,9-12H2,1-3H3,(H3,31,32)(H,38,39). The van der Waals surface area contributed by atoms with Crippen LogP contribution in [0.5, 0.6) is 29.0 Å². The summed E-state index contributed by atoms with van der Waals surface area (Å²) >= 11 is 1.39. The second-order valence-corrected chi connectivity index (χ2v) is 10.4. The number of aliphatic imine (C=N–C) groups is 1. The van der Waals surface area contributed by atoms with Crippen molar-refractivity contribution >= 4 is 35.1 Å². The van der Waals surface area contributed by atoms with Crippen LogP contribution in [0.2, 0.25) is 0 Å². The topological polar surface area (TPSA) is 158 Å². The van der Waals surface area contributed by atoms with Gasteiger partial charge in [-0.3, -0.25) is 10.4 Å². The van der Waals surface area contributed by atoms with Crippen molar-refractivity contribution in [3.05, 3.63) is 65.2 Å². The van der Waals surface area contributed by atoms with Gasteiger partial charge in [0, 0.05) is 31.8 Å². The number of phenols is 1. The van der Waals surface area contributed by atoms with E-state index in [-0.39, 0.29) is 29.3 Å². The molecule has 42 heavy (non-hydrogen) atoms. The fourth-order valence-corrected chi connectivity index (χ4v) is 4.78. The van der Waals surface area contributed by atoms with Gasteiger partial charge in [-0.05, 0) is 48.8 Å². The third-order valence-corrected chi connectivity index (χ3v) is 7.18. The highest BCUT2D eigenvalue weighted by Crippen LogP contribution is 2.40. The lowest BCUT2D eigenvalue weighted by Crippen LogP contribution is -2.40. The third-order valence-electron chi connectivity index (χ3n) is 6.54. The number of phenolic OH excluding ortho intramolecular Hbond substituents is 1. The van der Waals surface area contributed by atoms with E-state index in [0.717, 1.165) is 17.3 Å². The van der Waals surface area contributed by atoms with Gasteiger partial charge >= 0.3 is 5.97 Å². The minimum absolute atomic E-state index is 0.0830. The van der Waals surface area contributed by atoms with E-state index in [1.165, 1.54) is 37.0 Å². The highest BCUT2D eigenvalue weighted by atomic mass is 32.2. The third kappa shape index (κ3) is 6.48. The molecule has 0 saturated heterocycles. The minimum Gasteiger partial charge on any atom is -0.504 e. The van der Waals surface area contributed by atoms with Crippen LogP contribution in [0.3, 0.4) is 0 Å². The first-order valence-electron chi connectivity index (χ1n) is 12.7. The van der Waals surface area contributed by atoms with Gasteiger partial charge in [-0.1, -0.05) is 12.1 Å². The molecule has 0 saturated carbocycles. The number of likely N-dealkylation sites (N-methyl/N-ethyl adjacent to an activating group) is 2. The van der Waals surface area contributed by atoms with Gasteiger partial charge in [0.1, 0.15) is 29.1 Å². The molecule has 2 aromatic carbocycles. The van der Waals surface area contributed by atoms with E-state index in [1.807, 2.05) is 18.0 Å². The fourth-order valence-electron chi connectivity index (χ4n) is 4.32. The van der Waals surface area contributed by atoms with Crippen molar-refractivity contribution in [1.29, 1.82) is 5.41 Å². The van der Waals surface area contributed by atoms with E-state index in [0.29, 0.717) is 17.9 Å². The van der Waals surface area contributed by atoms with Gasteiger partial charge in [-0.15, -0.1) is 0 Å². The number of benzene rings is 2. The number of aromatic nitrogens is 1. The van der Waals surface area contributed by atoms with E-state index in [1.54, 1.807) is 24.5 Å². The smallest absolute Gasteiger partial charge is 0.326 e. The monoisotopic (exact) mass is 600 g/mol. The Kier molecular flexibility index (Phi) is 9.35. The molecule has 11 nitrogen and oxygen atoms in total. The van der Waals surface area contributed by atoms with E-state index in [9.17, 15) is 15.0 Å². The zero-order valence-electron chi connectivity index (χ0n) is 23.1. The second kappa shape index (κ2) is 12.9. The van der Waals surface area contributed by atoms with Crippen molar-refractivity contribution in [2.24, 2.45) is 10.7 Å². The molecule has 0 amide bonds. The summed E-state index contributed by atoms with van der Waals surface area (Å²) < 4.78 is 43.3. The number of carboxylic acid groups (broad SMARTS) is 1. The highest BCUT2D eigenvalue weighted by Gasteiger charge is 2.32. The van der Waals surface area contributed by atoms with E-state index >= 15 is 8.78 Å². The number of nitrogens with two attached hydrogens (primary N) is 1. The number of hydrogen-bond acceptors (Lipinski definition) is 10. The van der Waals surface area contributed by atoms with Crippen LogP contribution in [0, 0.1) is 17.0 Å². The van der Waals surface area contributed by atoms with Crippen LogP contribution in [0.15, 0.2) is 47.5 Å². The SMILES string of the molecule is CSCCC(C(=O)O)N(C)c1c(F)c(Oc2cccc(C3=NCCN3C)c2)nc(Oc2cc(C(=N)N)ccc2O)c1F. The molecular formula is C28H30F2N6O5S. The first-order valence-corrected chi connectivity index (χ1v) is 14.1. The summed E-state index contributed by atoms with van der Waals surface area (Å²) in [6.07, 6.45) is 1.87. The van der Waals surface area contributed by atoms with Gasteiger partial charge in [0.15, 0.2) is 11.5 Å². The quantitative estimate of drug-likeness (QED) is 0.175. The lowest BCUT2D eigenvalue weighted by molar-refractivity contribution is -0.138. The number of carbonyl (C=O) groups is 1. The number of thioether (sulfide) groups is 1. The van der Waals surface area contributed by atoms with Crippen molar-refractivity contribution in [3.8, 4) is 29.0 Å². The average Bonchev–Trinajstić information content (AvgIpc) is 3.38. The molecule has 222 valence electrons. The van der Waals surface area contributed by atoms with Crippen molar-refractivity contribution < 1.29 is 33.3 Å². The maximum Gasteiger partial charge on any atom is 0.326 e. The number of anilines is 1. The lowest BCUT2D eigenvalue weighted by Gasteiger charge is -2.28. The molecule has 0 fully saturated rings. The Bertz CT molecular complexity index is 1540. The number of pyridine rings is 1. The minimum atomic E-state index is -1.32. The van der Waals surface area contributed by atoms with Gasteiger partial charge in [0.25, 0.3) is 11.8 Å². The normalized spacial score (nSPS) is 13.5. The summed E-state index contributed by atoms with van der Waals surface area (Å²) in [6.45, 7) is 1.37. The number of nitrogens with zero attached hydrogens (tertiary/aromatic N) is 4. The van der Waals surface area contributed by atoms with Gasteiger partial charge < -0.3 is 35.2 Å². The molecule has 0 spiro atoms. The summed E-state index contributed by atoms with van der Waals surface area (Å²) in [4.78, 5) is 23.4. The van der Waals surface area contributed by atoms with Crippen LogP contribution < -0.4 is 20.1 Å². The number of halogens is 2. The molecule has 1 aliphatic rings. The summed E-state index contributed by atoms with van der Waals surface area (Å²) in [5.41, 5.74) is 5.65. The first kappa shape index (κ1) is 30.4. The number of nitrogen functional groups attached to an aromatic ring is 1. The lowest BCUT2D eigenvalue weighted by atomic mass is 10.1. The fraction of sp³-hybridized carbons (Fsp3) is 0.286. The van der Waals surface area contributed by atoms with Gasteiger partial charge in [-0.25, -0.2) is 4.79 Å². The van der Waals surface area contributed by atoms with Crippen molar-refractivity contribution in [2.75, 3.05) is 44.1 Å². The number of ether oxygens (including phenoxy) is 2.